The van der Waals surface area contributed by atoms with Crippen LogP contribution in [0, 0.1) is 13.8 Å². The number of pyridine rings is 1. The first-order valence-electron chi connectivity index (χ1n) is 11.3. The van der Waals surface area contributed by atoms with Crippen LogP contribution in [0.5, 0.6) is 11.8 Å². The largest absolute Gasteiger partial charge is 0.481 e. The highest BCUT2D eigenvalue weighted by molar-refractivity contribution is 5.62. The number of ether oxygens (including phenoxy) is 2. The predicted molar refractivity (Wildman–Crippen MR) is 134 cm³/mol. The fourth-order valence-corrected chi connectivity index (χ4v) is 3.61. The summed E-state index contributed by atoms with van der Waals surface area (Å²) in [4.78, 5) is 31.4. The van der Waals surface area contributed by atoms with Crippen LogP contribution in [0.1, 0.15) is 43.7 Å². The Morgan fingerprint density at radius 3 is 2.49 bits per heavy atom. The molecule has 0 radical (unpaired) electrons. The number of aromatic nitrogens is 5. The molecule has 4 aromatic rings. The lowest BCUT2D eigenvalue weighted by molar-refractivity contribution is 0.282. The van der Waals surface area contributed by atoms with Gasteiger partial charge in [0.2, 0.25) is 11.8 Å². The van der Waals surface area contributed by atoms with E-state index in [0.717, 1.165) is 17.1 Å². The topological polar surface area (TPSA) is 92.0 Å². The zero-order valence-corrected chi connectivity index (χ0v) is 20.9. The summed E-state index contributed by atoms with van der Waals surface area (Å²) in [7, 11) is 1.56. The molecule has 0 aliphatic carbocycles. The van der Waals surface area contributed by atoms with Crippen molar-refractivity contribution in [2.24, 2.45) is 0 Å². The van der Waals surface area contributed by atoms with Gasteiger partial charge in [0.15, 0.2) is 0 Å². The van der Waals surface area contributed by atoms with Crippen LogP contribution in [0.15, 0.2) is 59.5 Å². The number of benzene rings is 1. The Morgan fingerprint density at radius 2 is 1.74 bits per heavy atom. The van der Waals surface area contributed by atoms with Crippen molar-refractivity contribution in [2.75, 3.05) is 7.11 Å². The van der Waals surface area contributed by atoms with E-state index in [2.05, 4.69) is 35.7 Å². The van der Waals surface area contributed by atoms with Crippen molar-refractivity contribution >= 4 is 0 Å². The monoisotopic (exact) mass is 471 g/mol. The van der Waals surface area contributed by atoms with E-state index in [4.69, 9.17) is 14.5 Å². The minimum Gasteiger partial charge on any atom is -0.481 e. The van der Waals surface area contributed by atoms with Crippen molar-refractivity contribution in [1.29, 1.82) is 0 Å². The van der Waals surface area contributed by atoms with Crippen molar-refractivity contribution in [2.45, 2.75) is 46.6 Å². The number of hydrogen-bond donors (Lipinski definition) is 0. The van der Waals surface area contributed by atoms with E-state index in [9.17, 15) is 4.79 Å². The van der Waals surface area contributed by atoms with Crippen LogP contribution in [-0.4, -0.2) is 31.6 Å². The van der Waals surface area contributed by atoms with Crippen LogP contribution in [0.3, 0.4) is 0 Å². The molecule has 0 aliphatic rings. The van der Waals surface area contributed by atoms with Gasteiger partial charge in [-0.1, -0.05) is 39.0 Å². The van der Waals surface area contributed by atoms with Crippen LogP contribution in [-0.2, 0) is 12.0 Å². The van der Waals surface area contributed by atoms with E-state index >= 15 is 0 Å². The van der Waals surface area contributed by atoms with E-state index in [1.807, 2.05) is 42.5 Å². The summed E-state index contributed by atoms with van der Waals surface area (Å²) in [5.41, 5.74) is 3.13. The number of rotatable bonds is 6. The smallest absolute Gasteiger partial charge is 0.264 e. The molecule has 0 unspecified atom stereocenters. The van der Waals surface area contributed by atoms with Gasteiger partial charge in [-0.2, -0.15) is 4.98 Å². The van der Waals surface area contributed by atoms with E-state index < -0.39 is 0 Å². The lowest BCUT2D eigenvalue weighted by Crippen LogP contribution is -2.25. The van der Waals surface area contributed by atoms with Crippen molar-refractivity contribution in [3.05, 3.63) is 88.0 Å². The first kappa shape index (κ1) is 24.1. The van der Waals surface area contributed by atoms with Gasteiger partial charge in [-0.15, -0.1) is 0 Å². The number of hydrogen-bond acceptors (Lipinski definition) is 7. The first-order valence-corrected chi connectivity index (χ1v) is 11.3. The normalized spacial score (nSPS) is 11.4. The Balaban J connectivity index is 1.66. The quantitative estimate of drug-likeness (QED) is 0.406. The molecular weight excluding hydrogens is 442 g/mol. The SMILES string of the molecule is COc1cccc(COc2nc(C)n(-c3cccc(-c4ccnc(C(C)(C)C)n4)c3)c(=O)c2C)n1. The minimum atomic E-state index is -0.193. The third kappa shape index (κ3) is 5.21. The van der Waals surface area contributed by atoms with E-state index in [0.29, 0.717) is 28.6 Å². The highest BCUT2D eigenvalue weighted by Crippen LogP contribution is 2.24. The molecule has 0 N–H and O–H groups in total. The molecule has 0 amide bonds. The van der Waals surface area contributed by atoms with E-state index in [1.165, 1.54) is 0 Å². The molecule has 4 rings (SSSR count). The van der Waals surface area contributed by atoms with E-state index in [1.54, 1.807) is 37.8 Å². The van der Waals surface area contributed by atoms with Gasteiger partial charge in [-0.05, 0) is 38.1 Å². The third-order valence-electron chi connectivity index (χ3n) is 5.51. The molecule has 0 bridgehead atoms. The maximum Gasteiger partial charge on any atom is 0.264 e. The predicted octanol–water partition coefficient (Wildman–Crippen LogP) is 4.59. The molecular formula is C27H29N5O3. The summed E-state index contributed by atoms with van der Waals surface area (Å²) in [6, 6.07) is 15.0. The molecule has 0 atom stereocenters. The van der Waals surface area contributed by atoms with Gasteiger partial charge < -0.3 is 9.47 Å². The van der Waals surface area contributed by atoms with Crippen LogP contribution in [0.2, 0.25) is 0 Å². The van der Waals surface area contributed by atoms with Gasteiger partial charge >= 0.3 is 0 Å². The second-order valence-electron chi connectivity index (χ2n) is 9.26. The van der Waals surface area contributed by atoms with Crippen molar-refractivity contribution in [1.82, 2.24) is 24.5 Å². The molecule has 1 aromatic carbocycles. The molecule has 180 valence electrons. The van der Waals surface area contributed by atoms with Gasteiger partial charge in [-0.25, -0.2) is 15.0 Å². The lowest BCUT2D eigenvalue weighted by atomic mass is 9.95. The molecule has 3 heterocycles. The maximum atomic E-state index is 13.3. The summed E-state index contributed by atoms with van der Waals surface area (Å²) in [6.45, 7) is 9.90. The number of methoxy groups -OCH3 is 1. The summed E-state index contributed by atoms with van der Waals surface area (Å²) in [5.74, 6) is 2.07. The lowest BCUT2D eigenvalue weighted by Gasteiger charge is -2.17. The van der Waals surface area contributed by atoms with Gasteiger partial charge in [0.1, 0.15) is 18.3 Å². The van der Waals surface area contributed by atoms with Crippen LogP contribution < -0.4 is 15.0 Å². The maximum absolute atomic E-state index is 13.3. The van der Waals surface area contributed by atoms with Gasteiger partial charge in [0.25, 0.3) is 5.56 Å². The van der Waals surface area contributed by atoms with Crippen LogP contribution in [0.4, 0.5) is 0 Å². The zero-order chi connectivity index (χ0) is 25.2. The third-order valence-corrected chi connectivity index (χ3v) is 5.51. The minimum absolute atomic E-state index is 0.168. The average molecular weight is 472 g/mol. The summed E-state index contributed by atoms with van der Waals surface area (Å²) < 4.78 is 12.6. The fraction of sp³-hybridized carbons (Fsp3) is 0.296. The fourth-order valence-electron chi connectivity index (χ4n) is 3.61. The Labute approximate surface area is 204 Å². The van der Waals surface area contributed by atoms with Crippen LogP contribution in [0.25, 0.3) is 16.9 Å². The van der Waals surface area contributed by atoms with Gasteiger partial charge in [-0.3, -0.25) is 9.36 Å². The standard InChI is InChI=1S/C27H29N5O3/c1-17-24(35-16-20-10-8-12-23(30-20)34-6)29-18(2)32(25(17)33)21-11-7-9-19(15-21)22-13-14-28-26(31-22)27(3,4)5/h7-15H,16H2,1-6H3. The Kier molecular flexibility index (Phi) is 6.64. The van der Waals surface area contributed by atoms with Crippen LogP contribution >= 0.6 is 0 Å². The van der Waals surface area contributed by atoms with E-state index in [-0.39, 0.29) is 23.5 Å². The average Bonchev–Trinajstić information content (AvgIpc) is 2.85. The Hall–Kier alpha value is -4.07. The molecule has 0 spiro atoms. The molecule has 8 heteroatoms. The molecule has 3 aromatic heterocycles. The Bertz CT molecular complexity index is 1420. The molecule has 0 fully saturated rings. The highest BCUT2D eigenvalue weighted by Gasteiger charge is 2.18. The number of aryl methyl sites for hydroxylation is 1. The van der Waals surface area contributed by atoms with Gasteiger partial charge in [0.05, 0.1) is 29.7 Å². The Morgan fingerprint density at radius 1 is 0.971 bits per heavy atom. The second-order valence-corrected chi connectivity index (χ2v) is 9.26. The summed E-state index contributed by atoms with van der Waals surface area (Å²) in [6.07, 6.45) is 1.77. The summed E-state index contributed by atoms with van der Waals surface area (Å²) in [5, 5.41) is 0. The molecule has 0 saturated heterocycles. The van der Waals surface area contributed by atoms with Gasteiger partial charge in [0, 0.05) is 23.2 Å². The molecule has 0 saturated carbocycles. The second kappa shape index (κ2) is 9.66. The molecule has 8 nitrogen and oxygen atoms in total. The van der Waals surface area contributed by atoms with Crippen molar-refractivity contribution in [3.63, 3.8) is 0 Å². The zero-order valence-electron chi connectivity index (χ0n) is 20.9. The molecule has 35 heavy (non-hydrogen) atoms. The highest BCUT2D eigenvalue weighted by atomic mass is 16.5. The van der Waals surface area contributed by atoms with Crippen molar-refractivity contribution in [3.8, 4) is 28.7 Å². The first-order chi connectivity index (χ1) is 16.7. The molecule has 0 aliphatic heterocycles. The van der Waals surface area contributed by atoms with Crippen molar-refractivity contribution < 1.29 is 9.47 Å². The summed E-state index contributed by atoms with van der Waals surface area (Å²) >= 11 is 0. The number of nitrogens with zero attached hydrogens (tertiary/aromatic N) is 5.